The first kappa shape index (κ1) is 15.8. The Balaban J connectivity index is 1.95. The summed E-state index contributed by atoms with van der Waals surface area (Å²) in [6.07, 6.45) is 3.15. The summed E-state index contributed by atoms with van der Waals surface area (Å²) in [6, 6.07) is 19.8. The second-order valence-electron chi connectivity index (χ2n) is 5.78. The average Bonchev–Trinajstić information content (AvgIpc) is 3.14. The number of pyridine rings is 1. The largest absolute Gasteiger partial charge is 0.507 e. The molecule has 2 N–H and O–H groups in total. The fourth-order valence-corrected chi connectivity index (χ4v) is 2.89. The Labute approximate surface area is 150 Å². The molecule has 0 bridgehead atoms. The lowest BCUT2D eigenvalue weighted by Gasteiger charge is -2.07. The van der Waals surface area contributed by atoms with E-state index in [2.05, 4.69) is 15.2 Å². The highest BCUT2D eigenvalue weighted by Crippen LogP contribution is 2.35. The molecule has 2 heterocycles. The van der Waals surface area contributed by atoms with Crippen molar-refractivity contribution < 1.29 is 9.90 Å². The summed E-state index contributed by atoms with van der Waals surface area (Å²) in [5.41, 5.74) is 3.23. The first-order valence-electron chi connectivity index (χ1n) is 8.12. The Bertz CT molecular complexity index is 1060. The van der Waals surface area contributed by atoms with E-state index < -0.39 is 0 Å². The minimum absolute atomic E-state index is 0.0796. The van der Waals surface area contributed by atoms with Gasteiger partial charge >= 0.3 is 0 Å². The fourth-order valence-electron chi connectivity index (χ4n) is 2.89. The summed E-state index contributed by atoms with van der Waals surface area (Å²) >= 11 is 0. The monoisotopic (exact) mass is 341 g/mol. The smallest absolute Gasteiger partial charge is 0.199 e. The van der Waals surface area contributed by atoms with E-state index in [4.69, 9.17) is 0 Å². The zero-order valence-corrected chi connectivity index (χ0v) is 13.8. The number of benzene rings is 2. The number of aromatic amines is 1. The summed E-state index contributed by atoms with van der Waals surface area (Å²) < 4.78 is 0. The number of nitrogens with one attached hydrogen (secondary N) is 1. The van der Waals surface area contributed by atoms with E-state index in [9.17, 15) is 9.90 Å². The van der Waals surface area contributed by atoms with Crippen molar-refractivity contribution in [3.05, 3.63) is 90.3 Å². The standard InChI is InChI=1S/C21H15N3O2/c25-17-11-5-4-10-16(17)20-18(21(26)15-9-6-12-22-13-15)19(23-24-20)14-7-2-1-3-8-14/h1-13,25H,(H,23,24). The fraction of sp³-hybridized carbons (Fsp3) is 0. The summed E-state index contributed by atoms with van der Waals surface area (Å²) in [6.45, 7) is 0. The van der Waals surface area contributed by atoms with Gasteiger partial charge in [0.1, 0.15) is 11.4 Å². The molecule has 0 radical (unpaired) electrons. The molecule has 5 heteroatoms. The van der Waals surface area contributed by atoms with Crippen molar-refractivity contribution in [2.24, 2.45) is 0 Å². The minimum Gasteiger partial charge on any atom is -0.507 e. The highest BCUT2D eigenvalue weighted by atomic mass is 16.3. The van der Waals surface area contributed by atoms with Gasteiger partial charge in [0.05, 0.1) is 11.3 Å². The SMILES string of the molecule is O=C(c1cccnc1)c1c(-c2ccccc2)n[nH]c1-c1ccccc1O. The molecule has 0 aliphatic carbocycles. The number of carbonyl (C=O) groups is 1. The molecule has 0 amide bonds. The van der Waals surface area contributed by atoms with E-state index >= 15 is 0 Å². The molecule has 5 nitrogen and oxygen atoms in total. The van der Waals surface area contributed by atoms with Gasteiger partial charge in [-0.05, 0) is 24.3 Å². The first-order chi connectivity index (χ1) is 12.8. The van der Waals surface area contributed by atoms with Gasteiger partial charge in [-0.1, -0.05) is 42.5 Å². The topological polar surface area (TPSA) is 78.9 Å². The Morgan fingerprint density at radius 1 is 0.923 bits per heavy atom. The Hall–Kier alpha value is -3.73. The molecular weight excluding hydrogens is 326 g/mol. The quantitative estimate of drug-likeness (QED) is 0.548. The van der Waals surface area contributed by atoms with Crippen molar-refractivity contribution in [2.75, 3.05) is 0 Å². The number of ketones is 1. The molecule has 126 valence electrons. The van der Waals surface area contributed by atoms with Gasteiger partial charge in [0.25, 0.3) is 0 Å². The molecule has 0 saturated heterocycles. The van der Waals surface area contributed by atoms with Crippen LogP contribution in [0.15, 0.2) is 79.1 Å². The third-order valence-electron chi connectivity index (χ3n) is 4.14. The number of nitrogens with zero attached hydrogens (tertiary/aromatic N) is 2. The van der Waals surface area contributed by atoms with Crippen molar-refractivity contribution in [3.63, 3.8) is 0 Å². The van der Waals surface area contributed by atoms with Crippen LogP contribution in [0.3, 0.4) is 0 Å². The second-order valence-corrected chi connectivity index (χ2v) is 5.78. The molecule has 0 unspecified atom stereocenters. The molecule has 0 spiro atoms. The zero-order valence-electron chi connectivity index (χ0n) is 13.8. The van der Waals surface area contributed by atoms with Gasteiger partial charge < -0.3 is 5.11 Å². The van der Waals surface area contributed by atoms with E-state index in [1.165, 1.54) is 6.20 Å². The number of hydrogen-bond acceptors (Lipinski definition) is 4. The number of carbonyl (C=O) groups excluding carboxylic acids is 1. The highest BCUT2D eigenvalue weighted by Gasteiger charge is 2.24. The van der Waals surface area contributed by atoms with Gasteiger partial charge in [-0.2, -0.15) is 5.10 Å². The van der Waals surface area contributed by atoms with Gasteiger partial charge in [-0.25, -0.2) is 0 Å². The number of phenols is 1. The van der Waals surface area contributed by atoms with Crippen LogP contribution in [-0.2, 0) is 0 Å². The van der Waals surface area contributed by atoms with Crippen LogP contribution in [0.2, 0.25) is 0 Å². The molecule has 26 heavy (non-hydrogen) atoms. The molecule has 4 aromatic rings. The van der Waals surface area contributed by atoms with Crippen LogP contribution in [0.1, 0.15) is 15.9 Å². The molecule has 0 fully saturated rings. The van der Waals surface area contributed by atoms with Gasteiger partial charge in [0.2, 0.25) is 0 Å². The summed E-state index contributed by atoms with van der Waals surface area (Å²) in [4.78, 5) is 17.3. The highest BCUT2D eigenvalue weighted by molar-refractivity contribution is 6.16. The number of aromatic hydroxyl groups is 1. The number of phenolic OH excluding ortho intramolecular Hbond substituents is 1. The minimum atomic E-state index is -0.205. The van der Waals surface area contributed by atoms with E-state index in [1.54, 1.807) is 42.6 Å². The molecule has 0 aliphatic rings. The molecule has 2 aromatic carbocycles. The summed E-state index contributed by atoms with van der Waals surface area (Å²) in [7, 11) is 0. The van der Waals surface area contributed by atoms with E-state index in [-0.39, 0.29) is 11.5 Å². The lowest BCUT2D eigenvalue weighted by Crippen LogP contribution is -2.04. The van der Waals surface area contributed by atoms with Crippen molar-refractivity contribution in [2.45, 2.75) is 0 Å². The van der Waals surface area contributed by atoms with Crippen molar-refractivity contribution in [3.8, 4) is 28.3 Å². The zero-order chi connectivity index (χ0) is 17.9. The third-order valence-corrected chi connectivity index (χ3v) is 4.14. The van der Waals surface area contributed by atoms with Crippen LogP contribution >= 0.6 is 0 Å². The van der Waals surface area contributed by atoms with Gasteiger partial charge in [0, 0.05) is 29.1 Å². The maximum absolute atomic E-state index is 13.2. The van der Waals surface area contributed by atoms with Crippen LogP contribution in [0.4, 0.5) is 0 Å². The molecule has 0 saturated carbocycles. The van der Waals surface area contributed by atoms with Crippen LogP contribution in [0.5, 0.6) is 5.75 Å². The van der Waals surface area contributed by atoms with Gasteiger partial charge in [-0.15, -0.1) is 0 Å². The van der Waals surface area contributed by atoms with Crippen LogP contribution < -0.4 is 0 Å². The maximum atomic E-state index is 13.2. The number of hydrogen-bond donors (Lipinski definition) is 2. The van der Waals surface area contributed by atoms with Crippen LogP contribution in [0, 0.1) is 0 Å². The Morgan fingerprint density at radius 3 is 2.42 bits per heavy atom. The Kier molecular flexibility index (Phi) is 4.03. The number of aromatic nitrogens is 3. The second kappa shape index (κ2) is 6.64. The normalized spacial score (nSPS) is 10.6. The van der Waals surface area contributed by atoms with Gasteiger partial charge in [-0.3, -0.25) is 14.9 Å². The predicted molar refractivity (Wildman–Crippen MR) is 98.8 cm³/mol. The number of H-pyrrole nitrogens is 1. The van der Waals surface area contributed by atoms with Crippen LogP contribution in [0.25, 0.3) is 22.5 Å². The Morgan fingerprint density at radius 2 is 1.69 bits per heavy atom. The van der Waals surface area contributed by atoms with E-state index in [1.807, 2.05) is 30.3 Å². The first-order valence-corrected chi connectivity index (χ1v) is 8.12. The van der Waals surface area contributed by atoms with Crippen molar-refractivity contribution in [1.82, 2.24) is 15.2 Å². The van der Waals surface area contributed by atoms with Gasteiger partial charge in [0.15, 0.2) is 5.78 Å². The maximum Gasteiger partial charge on any atom is 0.199 e. The van der Waals surface area contributed by atoms with Crippen LogP contribution in [-0.4, -0.2) is 26.1 Å². The lowest BCUT2D eigenvalue weighted by atomic mass is 9.95. The molecule has 4 rings (SSSR count). The van der Waals surface area contributed by atoms with Crippen molar-refractivity contribution >= 4 is 5.78 Å². The molecule has 2 aromatic heterocycles. The average molecular weight is 341 g/mol. The predicted octanol–water partition coefficient (Wildman–Crippen LogP) is 4.08. The van der Waals surface area contributed by atoms with E-state index in [0.29, 0.717) is 28.1 Å². The summed E-state index contributed by atoms with van der Waals surface area (Å²) in [5.74, 6) is -0.125. The van der Waals surface area contributed by atoms with Crippen molar-refractivity contribution in [1.29, 1.82) is 0 Å². The molecule has 0 atom stereocenters. The third kappa shape index (κ3) is 2.75. The number of rotatable bonds is 4. The summed E-state index contributed by atoms with van der Waals surface area (Å²) in [5, 5.41) is 17.6. The lowest BCUT2D eigenvalue weighted by molar-refractivity contribution is 0.103. The molecule has 0 aliphatic heterocycles. The van der Waals surface area contributed by atoms with E-state index in [0.717, 1.165) is 5.56 Å². The number of para-hydroxylation sites is 1. The molecular formula is C21H15N3O2.